The second kappa shape index (κ2) is 15.8. The molecule has 3 aromatic heterocycles. The zero-order valence-electron chi connectivity index (χ0n) is 23.0. The van der Waals surface area contributed by atoms with Crippen LogP contribution in [0.1, 0.15) is 68.4 Å². The molecule has 3 heterocycles. The monoisotopic (exact) mass is 581 g/mol. The molecule has 2 fully saturated rings. The summed E-state index contributed by atoms with van der Waals surface area (Å²) in [5.74, 6) is 1.94. The third kappa shape index (κ3) is 10.7. The maximum Gasteiger partial charge on any atom is 0.126 e. The molecular formula is C30H44BrN7. The average Bonchev–Trinajstić information content (AvgIpc) is 2.88. The Kier molecular flexibility index (Phi) is 12.4. The van der Waals surface area contributed by atoms with Gasteiger partial charge in [-0.15, -0.1) is 0 Å². The lowest BCUT2D eigenvalue weighted by molar-refractivity contribution is 0.385. The summed E-state index contributed by atoms with van der Waals surface area (Å²) in [5.41, 5.74) is 14.4. The normalized spacial score (nSPS) is 22.7. The maximum absolute atomic E-state index is 5.65. The van der Waals surface area contributed by atoms with Crippen LogP contribution in [0.5, 0.6) is 0 Å². The number of nitrogens with zero attached hydrogens (tertiary/aromatic N) is 3. The highest BCUT2D eigenvalue weighted by molar-refractivity contribution is 9.10. The van der Waals surface area contributed by atoms with Gasteiger partial charge in [-0.05, 0) is 98.8 Å². The third-order valence-electron chi connectivity index (χ3n) is 6.94. The number of rotatable bonds is 4. The Balaban J connectivity index is 0.000000203. The number of hydrogen-bond donors (Lipinski definition) is 4. The van der Waals surface area contributed by atoms with Crippen molar-refractivity contribution in [1.29, 1.82) is 0 Å². The highest BCUT2D eigenvalue weighted by Crippen LogP contribution is 2.24. The van der Waals surface area contributed by atoms with E-state index in [1.54, 1.807) is 0 Å². The molecule has 2 aliphatic rings. The van der Waals surface area contributed by atoms with Crippen molar-refractivity contribution < 1.29 is 0 Å². The molecule has 0 spiro atoms. The summed E-state index contributed by atoms with van der Waals surface area (Å²) in [5, 5.41) is 7.21. The minimum atomic E-state index is 0.281. The molecule has 0 unspecified atom stereocenters. The minimum Gasteiger partial charge on any atom is -0.365 e. The molecule has 0 radical (unpaired) electrons. The average molecular weight is 583 g/mol. The van der Waals surface area contributed by atoms with Gasteiger partial charge >= 0.3 is 0 Å². The first-order valence-electron chi connectivity index (χ1n) is 13.8. The molecule has 8 heteroatoms. The summed E-state index contributed by atoms with van der Waals surface area (Å²) in [6, 6.07) is 19.4. The summed E-state index contributed by atoms with van der Waals surface area (Å²) in [7, 11) is 0. The van der Waals surface area contributed by atoms with Gasteiger partial charge in [0.05, 0.1) is 0 Å². The van der Waals surface area contributed by atoms with Crippen LogP contribution in [0.25, 0.3) is 0 Å². The Morgan fingerprint density at radius 1 is 0.605 bits per heavy atom. The van der Waals surface area contributed by atoms with Crippen molar-refractivity contribution in [2.75, 3.05) is 10.6 Å². The van der Waals surface area contributed by atoms with Crippen LogP contribution in [0, 0.1) is 20.8 Å². The molecule has 5 rings (SSSR count). The highest BCUT2D eigenvalue weighted by Gasteiger charge is 2.25. The highest BCUT2D eigenvalue weighted by atomic mass is 79.9. The van der Waals surface area contributed by atoms with Gasteiger partial charge in [0.1, 0.15) is 16.2 Å². The molecule has 38 heavy (non-hydrogen) atoms. The van der Waals surface area contributed by atoms with E-state index in [0.29, 0.717) is 12.1 Å². The van der Waals surface area contributed by atoms with Crippen LogP contribution in [0.4, 0.5) is 11.6 Å². The number of anilines is 2. The summed E-state index contributed by atoms with van der Waals surface area (Å²) in [6.45, 7) is 6.02. The topological polar surface area (TPSA) is 115 Å². The van der Waals surface area contributed by atoms with Crippen molar-refractivity contribution in [1.82, 2.24) is 15.0 Å². The number of hydrogen-bond acceptors (Lipinski definition) is 7. The lowest BCUT2D eigenvalue weighted by Crippen LogP contribution is -2.43. The van der Waals surface area contributed by atoms with Gasteiger partial charge in [0.2, 0.25) is 0 Å². The van der Waals surface area contributed by atoms with E-state index < -0.39 is 0 Å². The summed E-state index contributed by atoms with van der Waals surface area (Å²) >= 11 is 3.25. The molecule has 0 aliphatic heterocycles. The van der Waals surface area contributed by atoms with E-state index in [1.807, 2.05) is 63.2 Å². The number of nitrogens with two attached hydrogens (primary N) is 2. The van der Waals surface area contributed by atoms with Crippen molar-refractivity contribution in [2.45, 2.75) is 96.3 Å². The van der Waals surface area contributed by atoms with Crippen LogP contribution in [0.15, 0.2) is 59.2 Å². The largest absolute Gasteiger partial charge is 0.365 e. The first kappa shape index (κ1) is 30.0. The van der Waals surface area contributed by atoms with E-state index in [9.17, 15) is 0 Å². The third-order valence-corrected chi connectivity index (χ3v) is 7.38. The zero-order chi connectivity index (χ0) is 27.3. The van der Waals surface area contributed by atoms with E-state index in [1.165, 1.54) is 38.5 Å². The smallest absolute Gasteiger partial charge is 0.126 e. The van der Waals surface area contributed by atoms with Gasteiger partial charge in [-0.3, -0.25) is 0 Å². The van der Waals surface area contributed by atoms with Crippen LogP contribution in [-0.2, 0) is 0 Å². The van der Waals surface area contributed by atoms with E-state index in [-0.39, 0.29) is 12.1 Å². The Bertz CT molecular complexity index is 1030. The number of aryl methyl sites for hydroxylation is 3. The SMILES string of the molecule is Cc1cccc(Br)n1.Cc1cccc(N[C@@H]2CCCC[C@H]2Nc2cccc(C)n2)n1.N[C@@H]1CCCC[C@H]1N. The summed E-state index contributed by atoms with van der Waals surface area (Å²) < 4.78 is 0.900. The molecule has 0 amide bonds. The molecule has 4 atom stereocenters. The van der Waals surface area contributed by atoms with Gasteiger partial charge in [-0.1, -0.05) is 43.9 Å². The fourth-order valence-electron chi connectivity index (χ4n) is 4.80. The first-order chi connectivity index (χ1) is 18.3. The molecule has 3 aromatic rings. The predicted molar refractivity (Wildman–Crippen MR) is 162 cm³/mol. The van der Waals surface area contributed by atoms with Gasteiger partial charge in [0.25, 0.3) is 0 Å². The van der Waals surface area contributed by atoms with Crippen molar-refractivity contribution in [3.05, 3.63) is 76.3 Å². The van der Waals surface area contributed by atoms with Crippen LogP contribution < -0.4 is 22.1 Å². The quantitative estimate of drug-likeness (QED) is 0.267. The zero-order valence-corrected chi connectivity index (χ0v) is 24.6. The molecule has 0 aromatic carbocycles. The van der Waals surface area contributed by atoms with E-state index in [0.717, 1.165) is 46.2 Å². The fourth-order valence-corrected chi connectivity index (χ4v) is 5.23. The van der Waals surface area contributed by atoms with Crippen molar-refractivity contribution in [2.24, 2.45) is 11.5 Å². The lowest BCUT2D eigenvalue weighted by Gasteiger charge is -2.33. The Morgan fingerprint density at radius 2 is 1.00 bits per heavy atom. The van der Waals surface area contributed by atoms with Gasteiger partial charge in [-0.25, -0.2) is 15.0 Å². The van der Waals surface area contributed by atoms with Gasteiger partial charge in [-0.2, -0.15) is 0 Å². The van der Waals surface area contributed by atoms with Crippen LogP contribution in [0.2, 0.25) is 0 Å². The Morgan fingerprint density at radius 3 is 1.34 bits per heavy atom. The second-order valence-electron chi connectivity index (χ2n) is 10.3. The summed E-state index contributed by atoms with van der Waals surface area (Å²) in [6.07, 6.45) is 9.66. The number of nitrogens with one attached hydrogen (secondary N) is 2. The van der Waals surface area contributed by atoms with Crippen LogP contribution >= 0.6 is 15.9 Å². The maximum atomic E-state index is 5.65. The van der Waals surface area contributed by atoms with Gasteiger partial charge < -0.3 is 22.1 Å². The fraction of sp³-hybridized carbons (Fsp3) is 0.500. The van der Waals surface area contributed by atoms with Crippen LogP contribution in [-0.4, -0.2) is 39.1 Å². The first-order valence-corrected chi connectivity index (χ1v) is 14.6. The van der Waals surface area contributed by atoms with Crippen molar-refractivity contribution in [3.8, 4) is 0 Å². The van der Waals surface area contributed by atoms with E-state index in [2.05, 4.69) is 53.6 Å². The lowest BCUT2D eigenvalue weighted by atomic mass is 9.90. The standard InChI is InChI=1S/C18H24N4.C6H6BrN.C6H14N2/c1-13-7-5-11-17(19-13)21-15-9-3-4-10-16(15)22-18-12-6-8-14(2)20-18;1-5-3-2-4-6(7)8-5;7-5-3-1-2-4-6(5)8/h5-8,11-12,15-16H,3-4,9-10H2,1-2H3,(H,19,21)(H,20,22);2-4H,1H3;5-6H,1-4,7-8H2/t15-,16-;;5-,6-/m1.1/s1. The Labute approximate surface area is 236 Å². The molecule has 0 saturated heterocycles. The van der Waals surface area contributed by atoms with Crippen molar-refractivity contribution >= 4 is 27.6 Å². The van der Waals surface area contributed by atoms with Gasteiger partial charge in [0.15, 0.2) is 0 Å². The molecule has 206 valence electrons. The molecular weight excluding hydrogens is 538 g/mol. The molecule has 2 aliphatic carbocycles. The summed E-state index contributed by atoms with van der Waals surface area (Å²) in [4.78, 5) is 13.2. The minimum absolute atomic E-state index is 0.281. The van der Waals surface area contributed by atoms with Crippen molar-refractivity contribution in [3.63, 3.8) is 0 Å². The Hall–Kier alpha value is -2.55. The van der Waals surface area contributed by atoms with E-state index >= 15 is 0 Å². The number of aromatic nitrogens is 3. The van der Waals surface area contributed by atoms with Crippen LogP contribution in [0.3, 0.4) is 0 Å². The predicted octanol–water partition coefficient (Wildman–Crippen LogP) is 6.30. The van der Waals surface area contributed by atoms with Gasteiger partial charge in [0, 0.05) is 41.2 Å². The second-order valence-corrected chi connectivity index (χ2v) is 11.1. The molecule has 6 N–H and O–H groups in total. The molecule has 2 saturated carbocycles. The molecule has 0 bridgehead atoms. The number of pyridine rings is 3. The number of halogens is 1. The molecule has 7 nitrogen and oxygen atoms in total. The van der Waals surface area contributed by atoms with E-state index in [4.69, 9.17) is 11.5 Å².